The van der Waals surface area contributed by atoms with Crippen molar-refractivity contribution in [2.45, 2.75) is 39.8 Å². The average Bonchev–Trinajstić information content (AvgIpc) is 1.27. The van der Waals surface area contributed by atoms with E-state index in [0.717, 1.165) is 12.1 Å². The second kappa shape index (κ2) is 5.82. The molecule has 0 aliphatic rings. The molecule has 2 N–H and O–H groups in total. The summed E-state index contributed by atoms with van der Waals surface area (Å²) in [6, 6.07) is 1.50. The Balaban J connectivity index is 0. The van der Waals surface area contributed by atoms with Crippen molar-refractivity contribution in [3.8, 4) is 0 Å². The molecule has 0 spiro atoms. The van der Waals surface area contributed by atoms with E-state index in [4.69, 9.17) is 0 Å². The molecular formula is C6H16IN. The van der Waals surface area contributed by atoms with Crippen LogP contribution in [0.25, 0.3) is 0 Å². The maximum atomic E-state index is 2.33. The standard InChI is InChI=1S/C6H15N.HI/c1-5(2)7-6(3)4;/h5-7H,1-4H3;1H. The molecule has 0 unspecified atom stereocenters. The van der Waals surface area contributed by atoms with Gasteiger partial charge in [-0.25, -0.2) is 0 Å². The van der Waals surface area contributed by atoms with Crippen LogP contribution >= 0.6 is 0 Å². The highest BCUT2D eigenvalue weighted by Crippen LogP contribution is 1.67. The van der Waals surface area contributed by atoms with Crippen molar-refractivity contribution in [3.63, 3.8) is 0 Å². The number of quaternary nitrogens is 1. The molecule has 0 aromatic carbocycles. The summed E-state index contributed by atoms with van der Waals surface area (Å²) < 4.78 is 0. The molecule has 0 aromatic rings. The Morgan fingerprint density at radius 3 is 1.12 bits per heavy atom. The van der Waals surface area contributed by atoms with Crippen LogP contribution in [0.5, 0.6) is 0 Å². The van der Waals surface area contributed by atoms with Gasteiger partial charge in [-0.1, -0.05) is 0 Å². The SMILES string of the molecule is CC(C)[NH2+]C(C)C.[I-]. The third-order valence-electron chi connectivity index (χ3n) is 0.770. The van der Waals surface area contributed by atoms with Crippen molar-refractivity contribution in [1.29, 1.82) is 0 Å². The van der Waals surface area contributed by atoms with Gasteiger partial charge in [0, 0.05) is 0 Å². The van der Waals surface area contributed by atoms with Crippen molar-refractivity contribution >= 4 is 0 Å². The molecule has 0 aromatic heterocycles. The number of halogens is 1. The van der Waals surface area contributed by atoms with Crippen LogP contribution < -0.4 is 29.3 Å². The van der Waals surface area contributed by atoms with E-state index in [1.807, 2.05) is 0 Å². The third kappa shape index (κ3) is 9.85. The van der Waals surface area contributed by atoms with Gasteiger partial charge in [0.05, 0.1) is 12.1 Å². The molecule has 0 saturated heterocycles. The van der Waals surface area contributed by atoms with E-state index >= 15 is 0 Å². The highest BCUT2D eigenvalue weighted by molar-refractivity contribution is 4.31. The van der Waals surface area contributed by atoms with Crippen molar-refractivity contribution in [1.82, 2.24) is 0 Å². The third-order valence-corrected chi connectivity index (χ3v) is 0.770. The minimum absolute atomic E-state index is 0. The van der Waals surface area contributed by atoms with Crippen LogP contribution in [0.15, 0.2) is 0 Å². The van der Waals surface area contributed by atoms with Gasteiger partial charge in [-0.15, -0.1) is 0 Å². The first-order valence-corrected chi connectivity index (χ1v) is 2.98. The molecule has 0 aliphatic heterocycles. The number of hydrogen-bond donors (Lipinski definition) is 1. The smallest absolute Gasteiger partial charge is 0.0803 e. The summed E-state index contributed by atoms with van der Waals surface area (Å²) in [5.41, 5.74) is 0. The Kier molecular flexibility index (Phi) is 8.35. The van der Waals surface area contributed by atoms with Gasteiger partial charge in [-0.3, -0.25) is 0 Å². The number of hydrogen-bond acceptors (Lipinski definition) is 0. The van der Waals surface area contributed by atoms with Gasteiger partial charge >= 0.3 is 0 Å². The highest BCUT2D eigenvalue weighted by Gasteiger charge is 1.96. The van der Waals surface area contributed by atoms with Gasteiger partial charge < -0.3 is 29.3 Å². The van der Waals surface area contributed by atoms with Crippen molar-refractivity contribution < 1.29 is 29.3 Å². The molecule has 0 bridgehead atoms. The summed E-state index contributed by atoms with van der Waals surface area (Å²) in [5.74, 6) is 0. The highest BCUT2D eigenvalue weighted by atomic mass is 127. The molecule has 8 heavy (non-hydrogen) atoms. The normalized spacial score (nSPS) is 9.75. The molecule has 1 nitrogen and oxygen atoms in total. The summed E-state index contributed by atoms with van der Waals surface area (Å²) in [5, 5.41) is 2.33. The van der Waals surface area contributed by atoms with Crippen LogP contribution in [-0.2, 0) is 0 Å². The monoisotopic (exact) mass is 229 g/mol. The van der Waals surface area contributed by atoms with Crippen LogP contribution in [0.1, 0.15) is 27.7 Å². The van der Waals surface area contributed by atoms with Gasteiger partial charge in [0.2, 0.25) is 0 Å². The van der Waals surface area contributed by atoms with Gasteiger partial charge in [-0.05, 0) is 27.7 Å². The van der Waals surface area contributed by atoms with Gasteiger partial charge in [0.25, 0.3) is 0 Å². The Hall–Kier alpha value is 0.690. The zero-order chi connectivity index (χ0) is 5.86. The summed E-state index contributed by atoms with van der Waals surface area (Å²) in [6.45, 7) is 8.83. The van der Waals surface area contributed by atoms with Crippen molar-refractivity contribution in [2.24, 2.45) is 0 Å². The van der Waals surface area contributed by atoms with Crippen molar-refractivity contribution in [2.75, 3.05) is 0 Å². The van der Waals surface area contributed by atoms with Crippen LogP contribution in [-0.4, -0.2) is 12.1 Å². The van der Waals surface area contributed by atoms with Crippen LogP contribution in [0.2, 0.25) is 0 Å². The van der Waals surface area contributed by atoms with E-state index in [-0.39, 0.29) is 24.0 Å². The second-order valence-corrected chi connectivity index (χ2v) is 2.68. The first-order chi connectivity index (χ1) is 3.13. The summed E-state index contributed by atoms with van der Waals surface area (Å²) in [6.07, 6.45) is 0. The molecule has 0 radical (unpaired) electrons. The summed E-state index contributed by atoms with van der Waals surface area (Å²) >= 11 is 0. The van der Waals surface area contributed by atoms with Gasteiger partial charge in [0.1, 0.15) is 0 Å². The maximum absolute atomic E-state index is 2.33. The zero-order valence-electron chi connectivity index (χ0n) is 6.11. The predicted molar refractivity (Wildman–Crippen MR) is 32.2 cm³/mol. The lowest BCUT2D eigenvalue weighted by Crippen LogP contribution is -3.00. The lowest BCUT2D eigenvalue weighted by atomic mass is 10.3. The fourth-order valence-electron chi connectivity index (χ4n) is 0.770. The van der Waals surface area contributed by atoms with E-state index in [9.17, 15) is 0 Å². The van der Waals surface area contributed by atoms with Crippen LogP contribution in [0.4, 0.5) is 0 Å². The zero-order valence-corrected chi connectivity index (χ0v) is 8.27. The van der Waals surface area contributed by atoms with E-state index in [0.29, 0.717) is 0 Å². The van der Waals surface area contributed by atoms with Gasteiger partial charge in [0.15, 0.2) is 0 Å². The van der Waals surface area contributed by atoms with Gasteiger partial charge in [-0.2, -0.15) is 0 Å². The Morgan fingerprint density at radius 1 is 0.875 bits per heavy atom. The van der Waals surface area contributed by atoms with E-state index < -0.39 is 0 Å². The molecule has 0 amide bonds. The topological polar surface area (TPSA) is 16.6 Å². The first kappa shape index (κ1) is 11.5. The molecule has 0 aliphatic carbocycles. The fraction of sp³-hybridized carbons (Fsp3) is 1.00. The minimum Gasteiger partial charge on any atom is -1.00 e. The molecule has 52 valence electrons. The molecule has 2 heteroatoms. The molecule has 0 heterocycles. The van der Waals surface area contributed by atoms with E-state index in [1.165, 1.54) is 0 Å². The Bertz CT molecular complexity index is 37.8. The fourth-order valence-corrected chi connectivity index (χ4v) is 0.770. The average molecular weight is 229 g/mol. The molecule has 0 rings (SSSR count). The molecule has 0 saturated carbocycles. The minimum atomic E-state index is 0. The number of nitrogens with two attached hydrogens (primary N) is 1. The Morgan fingerprint density at radius 2 is 1.12 bits per heavy atom. The van der Waals surface area contributed by atoms with E-state index in [1.54, 1.807) is 0 Å². The lowest BCUT2D eigenvalue weighted by molar-refractivity contribution is -0.709. The molecule has 0 atom stereocenters. The van der Waals surface area contributed by atoms with Crippen LogP contribution in [0, 0.1) is 0 Å². The first-order valence-electron chi connectivity index (χ1n) is 2.98. The Labute approximate surface area is 69.3 Å². The second-order valence-electron chi connectivity index (χ2n) is 2.68. The molecule has 0 fully saturated rings. The molecular weight excluding hydrogens is 213 g/mol. The quantitative estimate of drug-likeness (QED) is 0.499. The predicted octanol–water partition coefficient (Wildman–Crippen LogP) is -2.63. The lowest BCUT2D eigenvalue weighted by Gasteiger charge is -2.06. The summed E-state index contributed by atoms with van der Waals surface area (Å²) in [4.78, 5) is 0. The van der Waals surface area contributed by atoms with E-state index in [2.05, 4.69) is 33.0 Å². The number of rotatable bonds is 2. The summed E-state index contributed by atoms with van der Waals surface area (Å²) in [7, 11) is 0. The maximum Gasteiger partial charge on any atom is 0.0803 e. The van der Waals surface area contributed by atoms with Crippen molar-refractivity contribution in [3.05, 3.63) is 0 Å². The van der Waals surface area contributed by atoms with Crippen LogP contribution in [0.3, 0.4) is 0 Å². The largest absolute Gasteiger partial charge is 1.00 e.